The third-order valence-electron chi connectivity index (χ3n) is 4.45. The Morgan fingerprint density at radius 3 is 2.50 bits per heavy atom. The van der Waals surface area contributed by atoms with Crippen LogP contribution in [0.5, 0.6) is 5.75 Å². The Labute approximate surface area is 150 Å². The molecule has 122 valence electrons. The molecular weight excluding hydrogens is 342 g/mol. The summed E-state index contributed by atoms with van der Waals surface area (Å²) in [6.45, 7) is 0. The van der Waals surface area contributed by atoms with Gasteiger partial charge in [-0.2, -0.15) is 5.10 Å². The van der Waals surface area contributed by atoms with Crippen LogP contribution < -0.4 is 4.74 Å². The number of hydrogen-bond acceptors (Lipinski definition) is 3. The number of methoxy groups -OCH3 is 1. The van der Waals surface area contributed by atoms with Crippen LogP contribution in [0.15, 0.2) is 48.5 Å². The maximum Gasteiger partial charge on any atom is 0.199 e. The monoisotopic (exact) mass is 357 g/mol. The molecular formula is C18H16ClN3OS. The van der Waals surface area contributed by atoms with Gasteiger partial charge in [-0.1, -0.05) is 23.7 Å². The molecule has 1 aromatic heterocycles. The highest BCUT2D eigenvalue weighted by atomic mass is 35.5. The number of aromatic nitrogens is 3. The number of nitrogens with one attached hydrogen (secondary N) is 1. The summed E-state index contributed by atoms with van der Waals surface area (Å²) < 4.78 is 7.84. The molecule has 0 spiro atoms. The number of H-pyrrole nitrogens is 1. The number of halogens is 1. The van der Waals surface area contributed by atoms with Crippen molar-refractivity contribution in [1.82, 2.24) is 14.8 Å². The Morgan fingerprint density at radius 2 is 1.83 bits per heavy atom. The van der Waals surface area contributed by atoms with Crippen molar-refractivity contribution in [3.8, 4) is 11.4 Å². The molecule has 3 aromatic rings. The van der Waals surface area contributed by atoms with E-state index in [0.717, 1.165) is 28.7 Å². The van der Waals surface area contributed by atoms with Gasteiger partial charge in [0, 0.05) is 16.6 Å². The lowest BCUT2D eigenvalue weighted by atomic mass is 10.1. The van der Waals surface area contributed by atoms with Crippen LogP contribution >= 0.6 is 23.8 Å². The van der Waals surface area contributed by atoms with Gasteiger partial charge in [-0.25, -0.2) is 0 Å². The van der Waals surface area contributed by atoms with Crippen molar-refractivity contribution in [2.45, 2.75) is 18.3 Å². The first-order chi connectivity index (χ1) is 11.7. The van der Waals surface area contributed by atoms with Crippen molar-refractivity contribution in [2.24, 2.45) is 0 Å². The Kier molecular flexibility index (Phi) is 3.90. The quantitative estimate of drug-likeness (QED) is 0.678. The average Bonchev–Trinajstić information content (AvgIpc) is 3.31. The summed E-state index contributed by atoms with van der Waals surface area (Å²) in [6.07, 6.45) is 1.07. The Bertz CT molecular complexity index is 915. The molecule has 0 amide bonds. The van der Waals surface area contributed by atoms with Crippen molar-refractivity contribution in [1.29, 1.82) is 0 Å². The highest BCUT2D eigenvalue weighted by Gasteiger charge is 2.43. The van der Waals surface area contributed by atoms with Gasteiger partial charge < -0.3 is 4.74 Å². The summed E-state index contributed by atoms with van der Waals surface area (Å²) in [5.74, 6) is 2.62. The fraction of sp³-hybridized carbons (Fsp3) is 0.222. The number of ether oxygens (including phenoxy) is 1. The second-order valence-electron chi connectivity index (χ2n) is 5.92. The lowest BCUT2D eigenvalue weighted by molar-refractivity contribution is 0.414. The van der Waals surface area contributed by atoms with Crippen LogP contribution in [0.3, 0.4) is 0 Å². The second kappa shape index (κ2) is 6.07. The molecule has 6 heteroatoms. The number of aromatic amines is 1. The van der Waals surface area contributed by atoms with E-state index < -0.39 is 0 Å². The minimum absolute atomic E-state index is 0.362. The molecule has 0 saturated heterocycles. The zero-order valence-corrected chi connectivity index (χ0v) is 14.6. The van der Waals surface area contributed by atoms with Crippen LogP contribution in [0, 0.1) is 4.77 Å². The SMILES string of the molecule is COc1ccc(-n2c([C@@H]3C[C@@H]3c3ccc(Cl)cc3)n[nH]c2=S)cc1. The molecule has 1 fully saturated rings. The van der Waals surface area contributed by atoms with E-state index in [-0.39, 0.29) is 0 Å². The van der Waals surface area contributed by atoms with Crippen molar-refractivity contribution in [3.63, 3.8) is 0 Å². The third kappa shape index (κ3) is 2.74. The summed E-state index contributed by atoms with van der Waals surface area (Å²) >= 11 is 11.4. The van der Waals surface area contributed by atoms with E-state index in [4.69, 9.17) is 28.6 Å². The summed E-state index contributed by atoms with van der Waals surface area (Å²) in [6, 6.07) is 15.9. The second-order valence-corrected chi connectivity index (χ2v) is 6.74. The maximum atomic E-state index is 5.98. The average molecular weight is 358 g/mol. The molecule has 0 aliphatic heterocycles. The van der Waals surface area contributed by atoms with Gasteiger partial charge in [-0.05, 0) is 66.5 Å². The lowest BCUT2D eigenvalue weighted by Crippen LogP contribution is -2.01. The summed E-state index contributed by atoms with van der Waals surface area (Å²) in [5.41, 5.74) is 2.28. The highest BCUT2D eigenvalue weighted by molar-refractivity contribution is 7.71. The predicted molar refractivity (Wildman–Crippen MR) is 96.9 cm³/mol. The Hall–Kier alpha value is -2.11. The van der Waals surface area contributed by atoms with Gasteiger partial charge in [0.15, 0.2) is 4.77 Å². The number of benzene rings is 2. The van der Waals surface area contributed by atoms with Gasteiger partial charge in [0.05, 0.1) is 7.11 Å². The zero-order valence-electron chi connectivity index (χ0n) is 13.1. The zero-order chi connectivity index (χ0) is 16.7. The van der Waals surface area contributed by atoms with E-state index in [9.17, 15) is 0 Å². The standard InChI is InChI=1S/C18H16ClN3OS/c1-23-14-8-6-13(7-9-14)22-17(20-21-18(22)24)16-10-15(16)11-2-4-12(19)5-3-11/h2-9,15-16H,10H2,1H3,(H,21,24)/t15-,16-/m1/s1. The van der Waals surface area contributed by atoms with Crippen molar-refractivity contribution in [3.05, 3.63) is 69.7 Å². The van der Waals surface area contributed by atoms with Crippen LogP contribution in [-0.4, -0.2) is 21.9 Å². The largest absolute Gasteiger partial charge is 0.497 e. The van der Waals surface area contributed by atoms with Gasteiger partial charge in [0.25, 0.3) is 0 Å². The molecule has 4 rings (SSSR count). The minimum Gasteiger partial charge on any atom is -0.497 e. The molecule has 0 unspecified atom stereocenters. The lowest BCUT2D eigenvalue weighted by Gasteiger charge is -2.08. The molecule has 1 saturated carbocycles. The Morgan fingerprint density at radius 1 is 1.12 bits per heavy atom. The molecule has 1 aliphatic rings. The summed E-state index contributed by atoms with van der Waals surface area (Å²) in [5, 5.41) is 8.17. The van der Waals surface area contributed by atoms with E-state index in [2.05, 4.69) is 22.3 Å². The van der Waals surface area contributed by atoms with E-state index in [1.54, 1.807) is 7.11 Å². The molecule has 24 heavy (non-hydrogen) atoms. The first-order valence-electron chi connectivity index (χ1n) is 7.74. The van der Waals surface area contributed by atoms with Gasteiger partial charge in [0.1, 0.15) is 11.6 Å². The van der Waals surface area contributed by atoms with Crippen LogP contribution in [-0.2, 0) is 0 Å². The van der Waals surface area contributed by atoms with E-state index in [1.807, 2.05) is 41.0 Å². The predicted octanol–water partition coefficient (Wildman–Crippen LogP) is 4.86. The molecule has 1 N–H and O–H groups in total. The van der Waals surface area contributed by atoms with Crippen LogP contribution in [0.1, 0.15) is 29.6 Å². The van der Waals surface area contributed by atoms with Crippen LogP contribution in [0.25, 0.3) is 5.69 Å². The summed E-state index contributed by atoms with van der Waals surface area (Å²) in [7, 11) is 1.66. The van der Waals surface area contributed by atoms with Gasteiger partial charge in [-0.15, -0.1) is 0 Å². The first-order valence-corrected chi connectivity index (χ1v) is 8.53. The van der Waals surface area contributed by atoms with E-state index in [1.165, 1.54) is 5.56 Å². The topological polar surface area (TPSA) is 42.8 Å². The number of hydrogen-bond donors (Lipinski definition) is 1. The number of rotatable bonds is 4. The molecule has 1 aliphatic carbocycles. The summed E-state index contributed by atoms with van der Waals surface area (Å²) in [4.78, 5) is 0. The first kappa shape index (κ1) is 15.4. The molecule has 2 atom stereocenters. The smallest absolute Gasteiger partial charge is 0.199 e. The highest BCUT2D eigenvalue weighted by Crippen LogP contribution is 2.54. The van der Waals surface area contributed by atoms with E-state index in [0.29, 0.717) is 16.6 Å². The van der Waals surface area contributed by atoms with E-state index >= 15 is 0 Å². The normalized spacial score (nSPS) is 19.2. The maximum absolute atomic E-state index is 5.98. The third-order valence-corrected chi connectivity index (χ3v) is 4.97. The molecule has 0 bridgehead atoms. The van der Waals surface area contributed by atoms with Gasteiger partial charge in [-0.3, -0.25) is 9.67 Å². The molecule has 0 radical (unpaired) electrons. The minimum atomic E-state index is 0.362. The fourth-order valence-corrected chi connectivity index (χ4v) is 3.47. The molecule has 4 nitrogen and oxygen atoms in total. The molecule has 1 heterocycles. The van der Waals surface area contributed by atoms with Crippen LogP contribution in [0.4, 0.5) is 0 Å². The Balaban J connectivity index is 1.66. The van der Waals surface area contributed by atoms with Crippen LogP contribution in [0.2, 0.25) is 5.02 Å². The van der Waals surface area contributed by atoms with Gasteiger partial charge in [0.2, 0.25) is 0 Å². The number of nitrogens with zero attached hydrogens (tertiary/aromatic N) is 2. The van der Waals surface area contributed by atoms with Gasteiger partial charge >= 0.3 is 0 Å². The van der Waals surface area contributed by atoms with Crippen molar-refractivity contribution in [2.75, 3.05) is 7.11 Å². The van der Waals surface area contributed by atoms with Crippen molar-refractivity contribution < 1.29 is 4.74 Å². The molecule has 2 aromatic carbocycles. The van der Waals surface area contributed by atoms with Crippen molar-refractivity contribution >= 4 is 23.8 Å². The fourth-order valence-electron chi connectivity index (χ4n) is 3.10.